The number of benzene rings is 1. The number of ether oxygens (including phenoxy) is 1. The number of carbonyl (C=O) groups excluding carboxylic acids is 1. The van der Waals surface area contributed by atoms with Gasteiger partial charge in [-0.1, -0.05) is 22.0 Å². The number of hydrogen-bond acceptors (Lipinski definition) is 3. The van der Waals surface area contributed by atoms with E-state index in [4.69, 9.17) is 4.74 Å². The molecule has 110 valence electrons. The molecule has 20 heavy (non-hydrogen) atoms. The highest BCUT2D eigenvalue weighted by atomic mass is 79.9. The summed E-state index contributed by atoms with van der Waals surface area (Å²) < 4.78 is 6.38. The molecule has 4 nitrogen and oxygen atoms in total. The summed E-state index contributed by atoms with van der Waals surface area (Å²) in [4.78, 5) is 11.7. The van der Waals surface area contributed by atoms with Crippen LogP contribution in [-0.4, -0.2) is 32.1 Å². The monoisotopic (exact) mass is 340 g/mol. The molecule has 1 aliphatic heterocycles. The van der Waals surface area contributed by atoms with Crippen LogP contribution in [0.4, 0.5) is 0 Å². The first-order chi connectivity index (χ1) is 9.74. The van der Waals surface area contributed by atoms with Crippen molar-refractivity contribution in [3.05, 3.63) is 28.7 Å². The number of halogens is 1. The van der Waals surface area contributed by atoms with E-state index >= 15 is 0 Å². The van der Waals surface area contributed by atoms with Gasteiger partial charge < -0.3 is 15.4 Å². The summed E-state index contributed by atoms with van der Waals surface area (Å²) in [6.45, 7) is 3.00. The van der Waals surface area contributed by atoms with Gasteiger partial charge in [-0.2, -0.15) is 0 Å². The number of carbonyl (C=O) groups is 1. The highest BCUT2D eigenvalue weighted by molar-refractivity contribution is 9.10. The molecule has 2 N–H and O–H groups in total. The lowest BCUT2D eigenvalue weighted by Gasteiger charge is -2.22. The average Bonchev–Trinajstić information content (AvgIpc) is 2.46. The topological polar surface area (TPSA) is 50.4 Å². The fourth-order valence-electron chi connectivity index (χ4n) is 2.34. The summed E-state index contributed by atoms with van der Waals surface area (Å²) in [6, 6.07) is 7.49. The van der Waals surface area contributed by atoms with Crippen LogP contribution >= 0.6 is 15.9 Å². The molecule has 0 bridgehead atoms. The van der Waals surface area contributed by atoms with E-state index in [0.717, 1.165) is 30.5 Å². The molecule has 0 spiro atoms. The molecule has 0 saturated carbocycles. The molecule has 1 saturated heterocycles. The molecule has 1 heterocycles. The van der Waals surface area contributed by atoms with Gasteiger partial charge in [-0.3, -0.25) is 4.79 Å². The van der Waals surface area contributed by atoms with Crippen molar-refractivity contribution in [3.63, 3.8) is 0 Å². The van der Waals surface area contributed by atoms with Gasteiger partial charge in [0, 0.05) is 11.0 Å². The fourth-order valence-corrected chi connectivity index (χ4v) is 2.72. The molecular weight excluding hydrogens is 320 g/mol. The largest absolute Gasteiger partial charge is 0.484 e. The highest BCUT2D eigenvalue weighted by Gasteiger charge is 2.12. The van der Waals surface area contributed by atoms with E-state index in [1.807, 2.05) is 24.3 Å². The van der Waals surface area contributed by atoms with Gasteiger partial charge in [-0.25, -0.2) is 0 Å². The lowest BCUT2D eigenvalue weighted by molar-refractivity contribution is -0.123. The first-order valence-electron chi connectivity index (χ1n) is 7.10. The van der Waals surface area contributed by atoms with Gasteiger partial charge in [0.15, 0.2) is 6.61 Å². The van der Waals surface area contributed by atoms with Crippen LogP contribution in [0, 0.1) is 5.92 Å². The van der Waals surface area contributed by atoms with Gasteiger partial charge in [-0.05, 0) is 56.5 Å². The molecule has 1 aliphatic rings. The molecule has 5 heteroatoms. The SMILES string of the molecule is O=C(COc1cccc(Br)c1)NCCC1CCCNC1. The van der Waals surface area contributed by atoms with Crippen LogP contribution in [0.15, 0.2) is 28.7 Å². The Morgan fingerprint density at radius 1 is 1.50 bits per heavy atom. The number of piperidine rings is 1. The van der Waals surface area contributed by atoms with E-state index in [0.29, 0.717) is 11.7 Å². The zero-order valence-electron chi connectivity index (χ0n) is 11.5. The number of amides is 1. The van der Waals surface area contributed by atoms with Crippen LogP contribution < -0.4 is 15.4 Å². The van der Waals surface area contributed by atoms with Gasteiger partial charge >= 0.3 is 0 Å². The third kappa shape index (κ3) is 5.51. The Balaban J connectivity index is 1.60. The molecular formula is C15H21BrN2O2. The molecule has 0 aromatic heterocycles. The van der Waals surface area contributed by atoms with Crippen molar-refractivity contribution in [2.24, 2.45) is 5.92 Å². The lowest BCUT2D eigenvalue weighted by Crippen LogP contribution is -2.34. The molecule has 1 aromatic carbocycles. The minimum absolute atomic E-state index is 0.0613. The van der Waals surface area contributed by atoms with Crippen LogP contribution in [0.1, 0.15) is 19.3 Å². The van der Waals surface area contributed by atoms with Crippen LogP contribution in [-0.2, 0) is 4.79 Å². The van der Waals surface area contributed by atoms with Gasteiger partial charge in [0.2, 0.25) is 0 Å². The summed E-state index contributed by atoms with van der Waals surface area (Å²) in [5, 5.41) is 6.29. The maximum Gasteiger partial charge on any atom is 0.257 e. The summed E-state index contributed by atoms with van der Waals surface area (Å²) in [7, 11) is 0. The van der Waals surface area contributed by atoms with Gasteiger partial charge in [0.25, 0.3) is 5.91 Å². The van der Waals surface area contributed by atoms with E-state index in [1.165, 1.54) is 12.8 Å². The Bertz CT molecular complexity index is 434. The number of rotatable bonds is 6. The maximum absolute atomic E-state index is 11.7. The van der Waals surface area contributed by atoms with Crippen molar-refractivity contribution in [2.45, 2.75) is 19.3 Å². The second-order valence-electron chi connectivity index (χ2n) is 5.10. The van der Waals surface area contributed by atoms with E-state index in [2.05, 4.69) is 26.6 Å². The smallest absolute Gasteiger partial charge is 0.257 e. The standard InChI is InChI=1S/C15H21BrN2O2/c16-13-4-1-5-14(9-13)20-11-15(19)18-8-6-12-3-2-7-17-10-12/h1,4-5,9,12,17H,2-3,6-8,10-11H2,(H,18,19). The Hall–Kier alpha value is -1.07. The normalized spacial score (nSPS) is 18.6. The summed E-state index contributed by atoms with van der Waals surface area (Å²) in [5.74, 6) is 1.33. The summed E-state index contributed by atoms with van der Waals surface area (Å²) >= 11 is 3.37. The van der Waals surface area contributed by atoms with Crippen molar-refractivity contribution in [1.29, 1.82) is 0 Å². The first-order valence-corrected chi connectivity index (χ1v) is 7.89. The van der Waals surface area contributed by atoms with Crippen LogP contribution in [0.2, 0.25) is 0 Å². The summed E-state index contributed by atoms with van der Waals surface area (Å²) in [5.41, 5.74) is 0. The summed E-state index contributed by atoms with van der Waals surface area (Å²) in [6.07, 6.45) is 3.54. The second kappa shape index (κ2) is 8.27. The van der Waals surface area contributed by atoms with Crippen molar-refractivity contribution in [1.82, 2.24) is 10.6 Å². The third-order valence-corrected chi connectivity index (χ3v) is 3.93. The minimum Gasteiger partial charge on any atom is -0.484 e. The first kappa shape index (κ1) is 15.3. The van der Waals surface area contributed by atoms with Gasteiger partial charge in [0.1, 0.15) is 5.75 Å². The molecule has 1 fully saturated rings. The molecule has 0 radical (unpaired) electrons. The molecule has 0 aliphatic carbocycles. The zero-order valence-corrected chi connectivity index (χ0v) is 13.1. The Morgan fingerprint density at radius 3 is 3.15 bits per heavy atom. The maximum atomic E-state index is 11.7. The van der Waals surface area contributed by atoms with Crippen LogP contribution in [0.25, 0.3) is 0 Å². The second-order valence-corrected chi connectivity index (χ2v) is 6.01. The van der Waals surface area contributed by atoms with Crippen molar-refractivity contribution in [2.75, 3.05) is 26.2 Å². The Kier molecular flexibility index (Phi) is 6.33. The van der Waals surface area contributed by atoms with Crippen molar-refractivity contribution >= 4 is 21.8 Å². The van der Waals surface area contributed by atoms with Gasteiger partial charge in [-0.15, -0.1) is 0 Å². The molecule has 2 rings (SSSR count). The van der Waals surface area contributed by atoms with E-state index in [-0.39, 0.29) is 12.5 Å². The van der Waals surface area contributed by atoms with Crippen LogP contribution in [0.3, 0.4) is 0 Å². The zero-order chi connectivity index (χ0) is 14.2. The predicted octanol–water partition coefficient (Wildman–Crippen LogP) is 2.33. The van der Waals surface area contributed by atoms with E-state index in [1.54, 1.807) is 0 Å². The molecule has 1 aromatic rings. The Labute approximate surface area is 128 Å². The van der Waals surface area contributed by atoms with E-state index < -0.39 is 0 Å². The molecule has 1 unspecified atom stereocenters. The van der Waals surface area contributed by atoms with Crippen LogP contribution in [0.5, 0.6) is 5.75 Å². The van der Waals surface area contributed by atoms with Gasteiger partial charge in [0.05, 0.1) is 0 Å². The average molecular weight is 341 g/mol. The fraction of sp³-hybridized carbons (Fsp3) is 0.533. The Morgan fingerprint density at radius 2 is 2.40 bits per heavy atom. The lowest BCUT2D eigenvalue weighted by atomic mass is 9.96. The van der Waals surface area contributed by atoms with Crippen molar-refractivity contribution < 1.29 is 9.53 Å². The molecule has 1 amide bonds. The quantitative estimate of drug-likeness (QED) is 0.835. The van der Waals surface area contributed by atoms with Crippen molar-refractivity contribution in [3.8, 4) is 5.75 Å². The molecule has 1 atom stereocenters. The van der Waals surface area contributed by atoms with E-state index in [9.17, 15) is 4.79 Å². The minimum atomic E-state index is -0.0613. The number of hydrogen-bond donors (Lipinski definition) is 2. The predicted molar refractivity (Wildman–Crippen MR) is 82.9 cm³/mol. The highest BCUT2D eigenvalue weighted by Crippen LogP contribution is 2.17. The third-order valence-electron chi connectivity index (χ3n) is 3.44. The number of nitrogens with one attached hydrogen (secondary N) is 2.